The first-order valence-electron chi connectivity index (χ1n) is 2.67. The van der Waals surface area contributed by atoms with Crippen LogP contribution < -0.4 is 0 Å². The molecule has 0 aliphatic rings. The Morgan fingerprint density at radius 2 is 1.75 bits per heavy atom. The van der Waals surface area contributed by atoms with Crippen molar-refractivity contribution < 1.29 is 0 Å². The topological polar surface area (TPSA) is 0 Å². The van der Waals surface area contributed by atoms with Crippen LogP contribution in [0.1, 0.15) is 5.56 Å². The summed E-state index contributed by atoms with van der Waals surface area (Å²) in [5.41, 5.74) is 1.48. The van der Waals surface area contributed by atoms with Crippen LogP contribution in [0.5, 0.6) is 0 Å². The quantitative estimate of drug-likeness (QED) is 0.681. The molecule has 40 valence electrons. The van der Waals surface area contributed by atoms with E-state index in [0.29, 0.717) is 0 Å². The zero-order valence-corrected chi connectivity index (χ0v) is 9.16. The van der Waals surface area contributed by atoms with E-state index in [1.54, 1.807) is 0 Å². The minimum atomic E-state index is 1.10. The summed E-state index contributed by atoms with van der Waals surface area (Å²) in [5, 5.41) is 0. The van der Waals surface area contributed by atoms with E-state index in [1.165, 1.54) is 9.54 Å². The van der Waals surface area contributed by atoms with E-state index < -0.39 is 0 Å². The van der Waals surface area contributed by atoms with Crippen LogP contribution in [0.15, 0.2) is 30.3 Å². The second-order valence-electron chi connectivity index (χ2n) is 1.69. The van der Waals surface area contributed by atoms with Crippen LogP contribution in [0.2, 0.25) is 0 Å². The monoisotopic (exact) mass is 300 g/mol. The molecule has 0 saturated carbocycles. The Bertz CT molecular complexity index is 146. The van der Waals surface area contributed by atoms with E-state index in [2.05, 4.69) is 30.3 Å². The van der Waals surface area contributed by atoms with Crippen molar-refractivity contribution in [3.63, 3.8) is 0 Å². The van der Waals surface area contributed by atoms with Crippen LogP contribution in [-0.2, 0) is 3.98 Å². The van der Waals surface area contributed by atoms with Gasteiger partial charge in [-0.25, -0.2) is 0 Å². The van der Waals surface area contributed by atoms with Crippen LogP contribution in [0.3, 0.4) is 0 Å². The van der Waals surface area contributed by atoms with E-state index in [0.717, 1.165) is 25.8 Å². The van der Waals surface area contributed by atoms with Crippen molar-refractivity contribution in [1.29, 1.82) is 0 Å². The maximum absolute atomic E-state index is 2.18. The Hall–Kier alpha value is 0.142. The first-order chi connectivity index (χ1) is 3.93. The predicted octanol–water partition coefficient (Wildman–Crippen LogP) is 1.09. The van der Waals surface area contributed by atoms with E-state index >= 15 is 0 Å². The normalized spacial score (nSPS) is 9.12. The summed E-state index contributed by atoms with van der Waals surface area (Å²) >= 11 is 1.10. The number of benzene rings is 1. The second kappa shape index (κ2) is 3.22. The Morgan fingerprint density at radius 1 is 1.12 bits per heavy atom. The molecule has 0 aliphatic heterocycles. The molecule has 0 fully saturated rings. The van der Waals surface area contributed by atoms with Gasteiger partial charge in [0, 0.05) is 0 Å². The molecule has 8 heavy (non-hydrogen) atoms. The average molecular weight is 299 g/mol. The molecule has 2 radical (unpaired) electrons. The summed E-state index contributed by atoms with van der Waals surface area (Å²) in [6.07, 6.45) is 0. The molecule has 1 aromatic carbocycles. The van der Waals surface area contributed by atoms with Crippen LogP contribution in [0.4, 0.5) is 0 Å². The molecular weight excluding hydrogens is 291 g/mol. The van der Waals surface area contributed by atoms with Gasteiger partial charge in [0.15, 0.2) is 0 Å². The van der Waals surface area contributed by atoms with E-state index in [-0.39, 0.29) is 0 Å². The fraction of sp³-hybridized carbons (Fsp3) is 0.143. The van der Waals surface area contributed by atoms with E-state index in [4.69, 9.17) is 0 Å². The predicted molar refractivity (Wildman–Crippen MR) is 37.3 cm³/mol. The molecule has 1 heteroatoms. The summed E-state index contributed by atoms with van der Waals surface area (Å²) in [6, 6.07) is 10.6. The van der Waals surface area contributed by atoms with Gasteiger partial charge < -0.3 is 0 Å². The average Bonchev–Trinajstić information content (AvgIpc) is 1.90. The SMILES string of the molecule is [PbH][CH2]c1ccccc1. The molecule has 0 amide bonds. The first kappa shape index (κ1) is 6.26. The Labute approximate surface area is 65.6 Å². The van der Waals surface area contributed by atoms with Crippen molar-refractivity contribution in [3.05, 3.63) is 35.9 Å². The van der Waals surface area contributed by atoms with Gasteiger partial charge in [-0.1, -0.05) is 0 Å². The van der Waals surface area contributed by atoms with Gasteiger partial charge in [-0.3, -0.25) is 0 Å². The fourth-order valence-electron chi connectivity index (χ4n) is 0.614. The molecule has 0 atom stereocenters. The van der Waals surface area contributed by atoms with Crippen molar-refractivity contribution in [3.8, 4) is 0 Å². The third kappa shape index (κ3) is 1.58. The van der Waals surface area contributed by atoms with Gasteiger partial charge in [-0.05, 0) is 0 Å². The molecule has 0 spiro atoms. The molecule has 1 aromatic rings. The number of hydrogen-bond donors (Lipinski definition) is 0. The number of hydrogen-bond acceptors (Lipinski definition) is 0. The summed E-state index contributed by atoms with van der Waals surface area (Å²) in [7, 11) is 0. The van der Waals surface area contributed by atoms with Crippen molar-refractivity contribution in [2.75, 3.05) is 0 Å². The molecule has 0 unspecified atom stereocenters. The van der Waals surface area contributed by atoms with E-state index in [9.17, 15) is 0 Å². The van der Waals surface area contributed by atoms with Crippen LogP contribution >= 0.6 is 0 Å². The van der Waals surface area contributed by atoms with Crippen molar-refractivity contribution in [1.82, 2.24) is 0 Å². The number of rotatable bonds is 1. The van der Waals surface area contributed by atoms with Gasteiger partial charge in [-0.15, -0.1) is 0 Å². The molecule has 0 heterocycles. The molecule has 0 aliphatic carbocycles. The Balaban J connectivity index is 2.83. The zero-order chi connectivity index (χ0) is 5.82. The molecule has 0 bridgehead atoms. The van der Waals surface area contributed by atoms with Gasteiger partial charge in [0.2, 0.25) is 0 Å². The maximum atomic E-state index is 2.18. The third-order valence-electron chi connectivity index (χ3n) is 1.08. The summed E-state index contributed by atoms with van der Waals surface area (Å²) in [5.74, 6) is 0. The molecule has 0 N–H and O–H groups in total. The minimum absolute atomic E-state index is 1.10. The Morgan fingerprint density at radius 3 is 2.12 bits per heavy atom. The van der Waals surface area contributed by atoms with Gasteiger partial charge in [0.05, 0.1) is 0 Å². The molecule has 0 aromatic heterocycles. The van der Waals surface area contributed by atoms with Crippen LogP contribution in [0, 0.1) is 0 Å². The van der Waals surface area contributed by atoms with Gasteiger partial charge >= 0.3 is 65.6 Å². The molecule has 0 saturated heterocycles. The van der Waals surface area contributed by atoms with E-state index in [1.807, 2.05) is 0 Å². The van der Waals surface area contributed by atoms with Gasteiger partial charge in [0.25, 0.3) is 0 Å². The molecule has 1 rings (SSSR count). The second-order valence-corrected chi connectivity index (χ2v) is 3.28. The zero-order valence-electron chi connectivity index (χ0n) is 4.67. The first-order valence-corrected chi connectivity index (χ1v) is 5.85. The molecule has 0 nitrogen and oxygen atoms in total. The molecular formula is C7H8Pb. The van der Waals surface area contributed by atoms with Crippen molar-refractivity contribution >= 4 is 25.8 Å². The summed E-state index contributed by atoms with van der Waals surface area (Å²) < 4.78 is 1.31. The van der Waals surface area contributed by atoms with Crippen molar-refractivity contribution in [2.24, 2.45) is 0 Å². The van der Waals surface area contributed by atoms with Crippen LogP contribution in [0.25, 0.3) is 0 Å². The third-order valence-corrected chi connectivity index (χ3v) is 2.91. The summed E-state index contributed by atoms with van der Waals surface area (Å²) in [6.45, 7) is 0. The van der Waals surface area contributed by atoms with Gasteiger partial charge in [0.1, 0.15) is 0 Å². The fourth-order valence-corrected chi connectivity index (χ4v) is 1.67. The van der Waals surface area contributed by atoms with Crippen molar-refractivity contribution in [2.45, 2.75) is 3.98 Å². The van der Waals surface area contributed by atoms with Crippen LogP contribution in [-0.4, -0.2) is 25.8 Å². The van der Waals surface area contributed by atoms with Gasteiger partial charge in [-0.2, -0.15) is 0 Å². The standard InChI is InChI=1S/C7H7.Pb.H/c1-7-5-3-2-4-6-7;;/h2-6H,1H2;;. The summed E-state index contributed by atoms with van der Waals surface area (Å²) in [4.78, 5) is 0. The Kier molecular flexibility index (Phi) is 2.52.